The van der Waals surface area contributed by atoms with E-state index < -0.39 is 0 Å². The second kappa shape index (κ2) is 4.21. The third-order valence-electron chi connectivity index (χ3n) is 1.99. The van der Waals surface area contributed by atoms with Crippen LogP contribution in [0.4, 0.5) is 0 Å². The van der Waals surface area contributed by atoms with Crippen molar-refractivity contribution in [2.75, 3.05) is 26.5 Å². The molecule has 10 heavy (non-hydrogen) atoms. The quantitative estimate of drug-likeness (QED) is 0.568. The highest BCUT2D eigenvalue weighted by atomic mass is 32.2. The Bertz CT molecular complexity index is 79.6. The van der Waals surface area contributed by atoms with Crippen molar-refractivity contribution in [1.29, 1.82) is 0 Å². The topological polar surface area (TPSA) is 12.5 Å². The summed E-state index contributed by atoms with van der Waals surface area (Å²) in [5.41, 5.74) is 0. The lowest BCUT2D eigenvalue weighted by Crippen LogP contribution is -2.31. The number of nitrogens with zero attached hydrogens (tertiary/aromatic N) is 1. The molecule has 1 aliphatic rings. The monoisotopic (exact) mass is 161 g/mol. The molecule has 0 bridgehead atoms. The fourth-order valence-corrected chi connectivity index (χ4v) is 1.83. The third kappa shape index (κ3) is 2.15. The predicted octanol–water partition coefficient (Wildman–Crippen LogP) is 1.38. The average molecular weight is 161 g/mol. The Labute approximate surface area is 67.1 Å². The maximum atomic E-state index is 5.25. The van der Waals surface area contributed by atoms with Gasteiger partial charge in [-0.2, -0.15) is 0 Å². The molecule has 0 spiro atoms. The van der Waals surface area contributed by atoms with E-state index in [-0.39, 0.29) is 0 Å². The van der Waals surface area contributed by atoms with E-state index >= 15 is 0 Å². The van der Waals surface area contributed by atoms with Crippen LogP contribution < -0.4 is 0 Å². The Morgan fingerprint density at radius 3 is 2.40 bits per heavy atom. The van der Waals surface area contributed by atoms with Crippen molar-refractivity contribution in [2.45, 2.75) is 18.9 Å². The van der Waals surface area contributed by atoms with Crippen LogP contribution in [0.5, 0.6) is 0 Å². The number of rotatable bonds is 2. The molecular weight excluding hydrogens is 146 g/mol. The number of hydrogen-bond donors (Lipinski definition) is 0. The lowest BCUT2D eigenvalue weighted by atomic mass is 10.1. The van der Waals surface area contributed by atoms with Crippen molar-refractivity contribution in [3.8, 4) is 0 Å². The summed E-state index contributed by atoms with van der Waals surface area (Å²) in [7, 11) is 1.80. The lowest BCUT2D eigenvalue weighted by Gasteiger charge is -2.28. The molecule has 0 aromatic carbocycles. The molecule has 0 unspecified atom stereocenters. The largest absolute Gasteiger partial charge is 0.381 e. The van der Waals surface area contributed by atoms with Gasteiger partial charge in [-0.1, -0.05) is 11.9 Å². The molecule has 0 amide bonds. The summed E-state index contributed by atoms with van der Waals surface area (Å²) in [6, 6.07) is 0. The highest BCUT2D eigenvalue weighted by Crippen LogP contribution is 2.17. The molecule has 1 heterocycles. The van der Waals surface area contributed by atoms with E-state index in [2.05, 4.69) is 10.6 Å². The van der Waals surface area contributed by atoms with Gasteiger partial charge in [0, 0.05) is 20.2 Å². The summed E-state index contributed by atoms with van der Waals surface area (Å²) < 4.78 is 7.63. The molecule has 1 aliphatic heterocycles. The zero-order valence-electron chi connectivity index (χ0n) is 6.67. The van der Waals surface area contributed by atoms with E-state index in [4.69, 9.17) is 4.74 Å². The van der Waals surface area contributed by atoms with Gasteiger partial charge in [0.15, 0.2) is 0 Å². The molecule has 60 valence electrons. The summed E-state index contributed by atoms with van der Waals surface area (Å²) in [6.07, 6.45) is 5.03. The van der Waals surface area contributed by atoms with Gasteiger partial charge in [0.2, 0.25) is 0 Å². The van der Waals surface area contributed by atoms with E-state index in [1.54, 1.807) is 7.11 Å². The maximum Gasteiger partial charge on any atom is 0.0596 e. The normalized spacial score (nSPS) is 23.4. The molecule has 0 aromatic rings. The second-order valence-corrected chi connectivity index (χ2v) is 3.43. The third-order valence-corrected chi connectivity index (χ3v) is 2.87. The van der Waals surface area contributed by atoms with Crippen molar-refractivity contribution >= 4 is 11.9 Å². The number of hydrogen-bond acceptors (Lipinski definition) is 3. The Balaban J connectivity index is 2.17. The molecule has 1 fully saturated rings. The van der Waals surface area contributed by atoms with Gasteiger partial charge in [-0.05, 0) is 19.1 Å². The van der Waals surface area contributed by atoms with Gasteiger partial charge in [0.25, 0.3) is 0 Å². The molecule has 0 atom stereocenters. The van der Waals surface area contributed by atoms with Gasteiger partial charge in [0.1, 0.15) is 0 Å². The molecule has 3 heteroatoms. The Hall–Kier alpha value is 0.270. The van der Waals surface area contributed by atoms with E-state index in [1.165, 1.54) is 25.9 Å². The molecular formula is C7H15NOS. The molecule has 2 nitrogen and oxygen atoms in total. The van der Waals surface area contributed by atoms with Gasteiger partial charge in [-0.25, -0.2) is 0 Å². The molecule has 0 aromatic heterocycles. The lowest BCUT2D eigenvalue weighted by molar-refractivity contribution is 0.0625. The van der Waals surface area contributed by atoms with Crippen LogP contribution in [0.1, 0.15) is 12.8 Å². The summed E-state index contributed by atoms with van der Waals surface area (Å²) in [5.74, 6) is 0. The summed E-state index contributed by atoms with van der Waals surface area (Å²) in [5, 5.41) is 0. The minimum atomic E-state index is 0.517. The summed E-state index contributed by atoms with van der Waals surface area (Å²) >= 11 is 1.84. The molecule has 1 saturated heterocycles. The molecule has 0 saturated carbocycles. The van der Waals surface area contributed by atoms with Gasteiger partial charge in [0.05, 0.1) is 6.10 Å². The average Bonchev–Trinajstić information content (AvgIpc) is 2.05. The minimum Gasteiger partial charge on any atom is -0.381 e. The molecule has 1 rings (SSSR count). The highest BCUT2D eigenvalue weighted by molar-refractivity contribution is 7.96. The first-order chi connectivity index (χ1) is 4.86. The smallest absolute Gasteiger partial charge is 0.0596 e. The molecule has 0 radical (unpaired) electrons. The van der Waals surface area contributed by atoms with Crippen LogP contribution in [0.2, 0.25) is 0 Å². The maximum absolute atomic E-state index is 5.25. The van der Waals surface area contributed by atoms with E-state index in [0.29, 0.717) is 6.10 Å². The SMILES string of the molecule is COC1CCN(SC)CC1. The number of piperidine rings is 1. The number of methoxy groups -OCH3 is 1. The van der Waals surface area contributed by atoms with E-state index in [0.717, 1.165) is 0 Å². The van der Waals surface area contributed by atoms with Crippen LogP contribution in [0.25, 0.3) is 0 Å². The minimum absolute atomic E-state index is 0.517. The fourth-order valence-electron chi connectivity index (χ4n) is 1.25. The van der Waals surface area contributed by atoms with Crippen LogP contribution in [-0.2, 0) is 4.74 Å². The first kappa shape index (κ1) is 8.37. The van der Waals surface area contributed by atoms with E-state index in [9.17, 15) is 0 Å². The van der Waals surface area contributed by atoms with Crippen molar-refractivity contribution < 1.29 is 4.74 Å². The van der Waals surface area contributed by atoms with Crippen LogP contribution in [0.15, 0.2) is 0 Å². The van der Waals surface area contributed by atoms with Crippen LogP contribution in [0.3, 0.4) is 0 Å². The van der Waals surface area contributed by atoms with Gasteiger partial charge in [-0.15, -0.1) is 0 Å². The van der Waals surface area contributed by atoms with Crippen molar-refractivity contribution in [1.82, 2.24) is 4.31 Å². The van der Waals surface area contributed by atoms with Crippen LogP contribution in [0, 0.1) is 0 Å². The van der Waals surface area contributed by atoms with E-state index in [1.807, 2.05) is 11.9 Å². The van der Waals surface area contributed by atoms with Gasteiger partial charge >= 0.3 is 0 Å². The Kier molecular flexibility index (Phi) is 3.52. The van der Waals surface area contributed by atoms with Gasteiger partial charge < -0.3 is 4.74 Å². The van der Waals surface area contributed by atoms with Crippen molar-refractivity contribution in [2.24, 2.45) is 0 Å². The van der Waals surface area contributed by atoms with Crippen LogP contribution >= 0.6 is 11.9 Å². The van der Waals surface area contributed by atoms with Crippen molar-refractivity contribution in [3.63, 3.8) is 0 Å². The van der Waals surface area contributed by atoms with Crippen LogP contribution in [-0.4, -0.2) is 36.9 Å². The Morgan fingerprint density at radius 1 is 1.40 bits per heavy atom. The van der Waals surface area contributed by atoms with Crippen molar-refractivity contribution in [3.05, 3.63) is 0 Å². The molecule has 0 aliphatic carbocycles. The standard InChI is InChI=1S/C7H15NOS/c1-9-7-3-5-8(10-2)6-4-7/h7H,3-6H2,1-2H3. The Morgan fingerprint density at radius 2 is 2.00 bits per heavy atom. The first-order valence-electron chi connectivity index (χ1n) is 3.68. The fraction of sp³-hybridized carbons (Fsp3) is 1.00. The first-order valence-corrected chi connectivity index (χ1v) is 4.87. The summed E-state index contributed by atoms with van der Waals surface area (Å²) in [4.78, 5) is 0. The molecule has 0 N–H and O–H groups in total. The zero-order chi connectivity index (χ0) is 7.40. The van der Waals surface area contributed by atoms with Gasteiger partial charge in [-0.3, -0.25) is 4.31 Å². The zero-order valence-corrected chi connectivity index (χ0v) is 7.49. The number of ether oxygens (including phenoxy) is 1. The highest BCUT2D eigenvalue weighted by Gasteiger charge is 2.17. The summed E-state index contributed by atoms with van der Waals surface area (Å²) in [6.45, 7) is 2.36. The predicted molar refractivity (Wildman–Crippen MR) is 45.1 cm³/mol. The second-order valence-electron chi connectivity index (χ2n) is 2.55.